The number of benzene rings is 1. The molecule has 1 amide bonds. The molecule has 5 rings (SSSR count). The smallest absolute Gasteiger partial charge is 0.277 e. The van der Waals surface area contributed by atoms with Crippen LogP contribution in [0.1, 0.15) is 36.1 Å². The molecule has 0 saturated heterocycles. The zero-order valence-electron chi connectivity index (χ0n) is 15.2. The van der Waals surface area contributed by atoms with E-state index in [1.165, 1.54) is 10.1 Å². The normalized spacial score (nSPS) is 16.2. The molecular formula is C21H22N4O2. The maximum absolute atomic E-state index is 13.1. The van der Waals surface area contributed by atoms with Crippen molar-refractivity contribution < 1.29 is 4.79 Å². The van der Waals surface area contributed by atoms with Crippen LogP contribution in [-0.4, -0.2) is 26.6 Å². The molecule has 0 saturated carbocycles. The molecule has 0 spiro atoms. The summed E-state index contributed by atoms with van der Waals surface area (Å²) in [7, 11) is 0. The van der Waals surface area contributed by atoms with Crippen LogP contribution >= 0.6 is 0 Å². The third-order valence-corrected chi connectivity index (χ3v) is 5.75. The van der Waals surface area contributed by atoms with E-state index >= 15 is 0 Å². The van der Waals surface area contributed by atoms with Crippen LogP contribution in [0.2, 0.25) is 0 Å². The third kappa shape index (κ3) is 2.67. The van der Waals surface area contributed by atoms with Gasteiger partial charge in [-0.25, -0.2) is 4.52 Å². The van der Waals surface area contributed by atoms with Crippen LogP contribution in [-0.2, 0) is 30.6 Å². The van der Waals surface area contributed by atoms with Gasteiger partial charge in [0.25, 0.3) is 5.56 Å². The largest absolute Gasteiger partial charge is 0.311 e. The molecule has 2 aromatic heterocycles. The molecule has 1 aliphatic carbocycles. The van der Waals surface area contributed by atoms with Crippen molar-refractivity contribution in [1.29, 1.82) is 0 Å². The third-order valence-electron chi connectivity index (χ3n) is 5.75. The van der Waals surface area contributed by atoms with E-state index in [0.29, 0.717) is 12.1 Å². The first-order chi connectivity index (χ1) is 13.2. The Labute approximate surface area is 157 Å². The molecule has 0 unspecified atom stereocenters. The summed E-state index contributed by atoms with van der Waals surface area (Å²) in [4.78, 5) is 27.9. The highest BCUT2D eigenvalue weighted by molar-refractivity contribution is 5.94. The Hall–Kier alpha value is -2.89. The maximum Gasteiger partial charge on any atom is 0.277 e. The Bertz CT molecular complexity index is 1100. The predicted molar refractivity (Wildman–Crippen MR) is 103 cm³/mol. The monoisotopic (exact) mass is 362 g/mol. The molecule has 3 aromatic rings. The van der Waals surface area contributed by atoms with Gasteiger partial charge in [0.15, 0.2) is 0 Å². The van der Waals surface area contributed by atoms with E-state index in [1.807, 2.05) is 23.1 Å². The molecule has 138 valence electrons. The molecule has 3 heterocycles. The lowest BCUT2D eigenvalue weighted by Crippen LogP contribution is -2.39. The molecule has 0 atom stereocenters. The molecule has 0 fully saturated rings. The van der Waals surface area contributed by atoms with Gasteiger partial charge in [-0.2, -0.15) is 5.10 Å². The fourth-order valence-electron chi connectivity index (χ4n) is 4.40. The molecule has 1 aliphatic heterocycles. The molecule has 27 heavy (non-hydrogen) atoms. The van der Waals surface area contributed by atoms with Crippen LogP contribution in [0.4, 0.5) is 5.69 Å². The zero-order valence-corrected chi connectivity index (χ0v) is 15.2. The van der Waals surface area contributed by atoms with Gasteiger partial charge >= 0.3 is 0 Å². The van der Waals surface area contributed by atoms with Crippen LogP contribution in [0.3, 0.4) is 0 Å². The van der Waals surface area contributed by atoms with E-state index in [0.717, 1.165) is 55.5 Å². The van der Waals surface area contributed by atoms with Crippen LogP contribution < -0.4 is 10.5 Å². The Morgan fingerprint density at radius 3 is 2.81 bits per heavy atom. The zero-order chi connectivity index (χ0) is 18.4. The van der Waals surface area contributed by atoms with Gasteiger partial charge in [-0.3, -0.25) is 9.59 Å². The van der Waals surface area contributed by atoms with Crippen molar-refractivity contribution in [1.82, 2.24) is 14.2 Å². The molecule has 6 heteroatoms. The summed E-state index contributed by atoms with van der Waals surface area (Å²) >= 11 is 0. The maximum atomic E-state index is 13.1. The molecular weight excluding hydrogens is 340 g/mol. The van der Waals surface area contributed by atoms with Crippen LogP contribution in [0.5, 0.6) is 0 Å². The fraction of sp³-hybridized carbons (Fsp3) is 0.381. The minimum absolute atomic E-state index is 0.0398. The van der Waals surface area contributed by atoms with Gasteiger partial charge in [0.2, 0.25) is 5.91 Å². The molecule has 1 aromatic carbocycles. The summed E-state index contributed by atoms with van der Waals surface area (Å²) in [5.74, 6) is -0.0398. The first-order valence-corrected chi connectivity index (χ1v) is 9.70. The minimum Gasteiger partial charge on any atom is -0.311 e. The highest BCUT2D eigenvalue weighted by Crippen LogP contribution is 2.27. The van der Waals surface area contributed by atoms with Gasteiger partial charge in [0, 0.05) is 30.2 Å². The van der Waals surface area contributed by atoms with Gasteiger partial charge in [0.1, 0.15) is 12.1 Å². The second-order valence-electron chi connectivity index (χ2n) is 7.43. The minimum atomic E-state index is -0.119. The van der Waals surface area contributed by atoms with Crippen molar-refractivity contribution >= 4 is 17.1 Å². The van der Waals surface area contributed by atoms with E-state index in [-0.39, 0.29) is 18.0 Å². The Kier molecular flexibility index (Phi) is 3.85. The lowest BCUT2D eigenvalue weighted by molar-refractivity contribution is -0.119. The number of hydrogen-bond acceptors (Lipinski definition) is 3. The number of anilines is 1. The first kappa shape index (κ1) is 16.3. The van der Waals surface area contributed by atoms with Gasteiger partial charge < -0.3 is 9.47 Å². The van der Waals surface area contributed by atoms with Gasteiger partial charge in [0.05, 0.1) is 5.69 Å². The van der Waals surface area contributed by atoms with E-state index < -0.39 is 0 Å². The summed E-state index contributed by atoms with van der Waals surface area (Å²) in [5.41, 5.74) is 4.80. The van der Waals surface area contributed by atoms with Crippen molar-refractivity contribution in [2.75, 3.05) is 11.4 Å². The summed E-state index contributed by atoms with van der Waals surface area (Å²) in [6.45, 7) is 0.762. The summed E-state index contributed by atoms with van der Waals surface area (Å²) in [5, 5.41) is 4.56. The number of amides is 1. The van der Waals surface area contributed by atoms with Crippen LogP contribution in [0.15, 0.2) is 41.5 Å². The summed E-state index contributed by atoms with van der Waals surface area (Å²) in [6.07, 6.45) is 9.46. The number of para-hydroxylation sites is 1. The van der Waals surface area contributed by atoms with E-state index in [1.54, 1.807) is 16.9 Å². The second-order valence-corrected chi connectivity index (χ2v) is 7.43. The Morgan fingerprint density at radius 1 is 1.04 bits per heavy atom. The highest BCUT2D eigenvalue weighted by Gasteiger charge is 2.24. The topological polar surface area (TPSA) is 59.6 Å². The summed E-state index contributed by atoms with van der Waals surface area (Å²) in [6, 6.07) is 8.03. The van der Waals surface area contributed by atoms with Crippen molar-refractivity contribution in [3.63, 3.8) is 0 Å². The Morgan fingerprint density at radius 2 is 1.89 bits per heavy atom. The van der Waals surface area contributed by atoms with Crippen LogP contribution in [0.25, 0.3) is 5.52 Å². The number of fused-ring (bicyclic) bond motifs is 4. The number of carbonyl (C=O) groups excluding carboxylic acids is 1. The first-order valence-electron chi connectivity index (χ1n) is 9.70. The van der Waals surface area contributed by atoms with Crippen molar-refractivity contribution in [3.8, 4) is 0 Å². The molecule has 0 N–H and O–H groups in total. The predicted octanol–water partition coefficient (Wildman–Crippen LogP) is 2.35. The van der Waals surface area contributed by atoms with Crippen molar-refractivity contribution in [3.05, 3.63) is 63.8 Å². The number of carbonyl (C=O) groups is 1. The Balaban J connectivity index is 1.49. The van der Waals surface area contributed by atoms with Crippen molar-refractivity contribution in [2.45, 2.75) is 45.1 Å². The number of hydrogen-bond donors (Lipinski definition) is 0. The highest BCUT2D eigenvalue weighted by atomic mass is 16.2. The molecule has 6 nitrogen and oxygen atoms in total. The number of aromatic nitrogens is 3. The number of aryl methyl sites for hydroxylation is 3. The quantitative estimate of drug-likeness (QED) is 0.703. The number of rotatable bonds is 2. The standard InChI is InChI=1S/C21H22N4O2/c26-19(24-11-5-7-15-6-1-4-10-18(15)24)14-23-12-13-25-20(21(23)27)16-8-2-3-9-17(16)22-25/h1,4,6,10,12-13H,2-3,5,7-9,11,14H2. The average molecular weight is 362 g/mol. The average Bonchev–Trinajstić information content (AvgIpc) is 3.09. The van der Waals surface area contributed by atoms with E-state index in [2.05, 4.69) is 11.2 Å². The molecule has 0 radical (unpaired) electrons. The second kappa shape index (κ2) is 6.37. The van der Waals surface area contributed by atoms with Crippen LogP contribution in [0, 0.1) is 0 Å². The lowest BCUT2D eigenvalue weighted by Gasteiger charge is -2.29. The van der Waals surface area contributed by atoms with Gasteiger partial charge in [-0.1, -0.05) is 18.2 Å². The fourth-order valence-corrected chi connectivity index (χ4v) is 4.40. The SMILES string of the molecule is O=C(Cn1ccn2nc3c(c2c1=O)CCCC3)N1CCCc2ccccc21. The molecule has 2 aliphatic rings. The van der Waals surface area contributed by atoms with Gasteiger partial charge in [-0.15, -0.1) is 0 Å². The molecule has 0 bridgehead atoms. The lowest BCUT2D eigenvalue weighted by atomic mass is 9.97. The van der Waals surface area contributed by atoms with Crippen molar-refractivity contribution in [2.24, 2.45) is 0 Å². The summed E-state index contributed by atoms with van der Waals surface area (Å²) < 4.78 is 3.22. The number of nitrogens with zero attached hydrogens (tertiary/aromatic N) is 4. The van der Waals surface area contributed by atoms with Gasteiger partial charge in [-0.05, 0) is 50.2 Å². The van der Waals surface area contributed by atoms with E-state index in [9.17, 15) is 9.59 Å². The van der Waals surface area contributed by atoms with E-state index in [4.69, 9.17) is 0 Å².